The number of rotatable bonds is 0. The highest BCUT2D eigenvalue weighted by molar-refractivity contribution is 5.17. The van der Waals surface area contributed by atoms with Crippen LogP contribution >= 0.6 is 0 Å². The Labute approximate surface area is 67.4 Å². The van der Waals surface area contributed by atoms with Crippen LogP contribution < -0.4 is 0 Å². The van der Waals surface area contributed by atoms with Crippen LogP contribution in [0.25, 0.3) is 0 Å². The molecule has 0 aromatic carbocycles. The highest BCUT2D eigenvalue weighted by atomic mass is 15.4. The topological polar surface area (TPSA) is 30.7 Å². The molecule has 0 aliphatic carbocycles. The van der Waals surface area contributed by atoms with E-state index in [2.05, 4.69) is 31.1 Å². The van der Waals surface area contributed by atoms with Gasteiger partial charge in [0, 0.05) is 12.5 Å². The van der Waals surface area contributed by atoms with Gasteiger partial charge >= 0.3 is 0 Å². The number of hydrogen-bond donors (Lipinski definition) is 0. The first-order valence-corrected chi connectivity index (χ1v) is 3.79. The molecule has 0 atom stereocenters. The van der Waals surface area contributed by atoms with E-state index in [0.717, 1.165) is 5.69 Å². The summed E-state index contributed by atoms with van der Waals surface area (Å²) in [6.07, 6.45) is 0. The molecule has 1 rings (SSSR count). The van der Waals surface area contributed by atoms with Gasteiger partial charge in [-0.2, -0.15) is 0 Å². The number of hydrogen-bond acceptors (Lipinski definition) is 2. The standard InChI is InChI=1S/C8H15N3/c1-6-7(8(2,3)4)11(5)10-9-6/h1-5H3. The SMILES string of the molecule is Cc1nnn(C)c1C(C)(C)C. The molecular weight excluding hydrogens is 138 g/mol. The van der Waals surface area contributed by atoms with E-state index in [1.54, 1.807) is 0 Å². The van der Waals surface area contributed by atoms with Gasteiger partial charge in [-0.05, 0) is 6.92 Å². The second-order valence-electron chi connectivity index (χ2n) is 3.90. The van der Waals surface area contributed by atoms with Crippen molar-refractivity contribution in [1.82, 2.24) is 15.0 Å². The summed E-state index contributed by atoms with van der Waals surface area (Å²) >= 11 is 0. The Morgan fingerprint density at radius 1 is 1.27 bits per heavy atom. The Morgan fingerprint density at radius 2 is 1.82 bits per heavy atom. The van der Waals surface area contributed by atoms with E-state index < -0.39 is 0 Å². The lowest BCUT2D eigenvalue weighted by molar-refractivity contribution is 0.518. The summed E-state index contributed by atoms with van der Waals surface area (Å²) in [7, 11) is 1.93. The van der Waals surface area contributed by atoms with Gasteiger partial charge in [-0.1, -0.05) is 26.0 Å². The summed E-state index contributed by atoms with van der Waals surface area (Å²) in [5.41, 5.74) is 2.38. The molecule has 0 aliphatic rings. The van der Waals surface area contributed by atoms with Crippen LogP contribution in [0.1, 0.15) is 32.2 Å². The van der Waals surface area contributed by atoms with Gasteiger partial charge < -0.3 is 0 Å². The van der Waals surface area contributed by atoms with Crippen molar-refractivity contribution in [3.8, 4) is 0 Å². The molecule has 0 fully saturated rings. The fourth-order valence-electron chi connectivity index (χ4n) is 1.49. The zero-order valence-corrected chi connectivity index (χ0v) is 7.84. The van der Waals surface area contributed by atoms with Gasteiger partial charge in [-0.3, -0.25) is 4.68 Å². The highest BCUT2D eigenvalue weighted by Gasteiger charge is 2.21. The van der Waals surface area contributed by atoms with Crippen molar-refractivity contribution >= 4 is 0 Å². The molecule has 0 spiro atoms. The second-order valence-corrected chi connectivity index (χ2v) is 3.90. The van der Waals surface area contributed by atoms with Crippen molar-refractivity contribution < 1.29 is 0 Å². The van der Waals surface area contributed by atoms with Gasteiger partial charge in [0.1, 0.15) is 0 Å². The number of nitrogens with zero attached hydrogens (tertiary/aromatic N) is 3. The Morgan fingerprint density at radius 3 is 2.00 bits per heavy atom. The zero-order valence-electron chi connectivity index (χ0n) is 7.84. The van der Waals surface area contributed by atoms with Crippen LogP contribution in [0.2, 0.25) is 0 Å². The van der Waals surface area contributed by atoms with Crippen molar-refractivity contribution in [2.24, 2.45) is 7.05 Å². The largest absolute Gasteiger partial charge is 0.252 e. The van der Waals surface area contributed by atoms with Gasteiger partial charge in [0.2, 0.25) is 0 Å². The molecule has 0 bridgehead atoms. The average molecular weight is 153 g/mol. The van der Waals surface area contributed by atoms with Crippen LogP contribution in [0.3, 0.4) is 0 Å². The fourth-order valence-corrected chi connectivity index (χ4v) is 1.49. The first kappa shape index (κ1) is 8.24. The van der Waals surface area contributed by atoms with Crippen LogP contribution in [-0.4, -0.2) is 15.0 Å². The minimum absolute atomic E-state index is 0.141. The maximum Gasteiger partial charge on any atom is 0.0833 e. The number of aryl methyl sites for hydroxylation is 2. The van der Waals surface area contributed by atoms with Gasteiger partial charge in [-0.25, -0.2) is 0 Å². The predicted molar refractivity (Wildman–Crippen MR) is 44.4 cm³/mol. The normalized spacial score (nSPS) is 12.1. The molecule has 0 aliphatic heterocycles. The molecule has 0 saturated carbocycles. The zero-order chi connectivity index (χ0) is 8.65. The molecule has 0 unspecified atom stereocenters. The summed E-state index contributed by atoms with van der Waals surface area (Å²) < 4.78 is 1.84. The molecule has 0 saturated heterocycles. The summed E-state index contributed by atoms with van der Waals surface area (Å²) in [5, 5.41) is 7.94. The lowest BCUT2D eigenvalue weighted by Gasteiger charge is -2.18. The van der Waals surface area contributed by atoms with Crippen molar-refractivity contribution in [3.63, 3.8) is 0 Å². The van der Waals surface area contributed by atoms with Gasteiger partial charge in [0.25, 0.3) is 0 Å². The lowest BCUT2D eigenvalue weighted by Crippen LogP contribution is -2.17. The quantitative estimate of drug-likeness (QED) is 0.564. The molecule has 0 radical (unpaired) electrons. The van der Waals surface area contributed by atoms with Crippen LogP contribution in [-0.2, 0) is 12.5 Å². The maximum absolute atomic E-state index is 4.00. The Kier molecular flexibility index (Phi) is 1.74. The third-order valence-corrected chi connectivity index (χ3v) is 1.71. The number of aromatic nitrogens is 3. The van der Waals surface area contributed by atoms with E-state index in [1.807, 2.05) is 18.7 Å². The predicted octanol–water partition coefficient (Wildman–Crippen LogP) is 1.42. The summed E-state index contributed by atoms with van der Waals surface area (Å²) in [6.45, 7) is 8.49. The summed E-state index contributed by atoms with van der Waals surface area (Å²) in [5.74, 6) is 0. The lowest BCUT2D eigenvalue weighted by atomic mass is 9.91. The van der Waals surface area contributed by atoms with Crippen molar-refractivity contribution in [2.75, 3.05) is 0 Å². The van der Waals surface area contributed by atoms with E-state index in [-0.39, 0.29) is 5.41 Å². The first-order valence-electron chi connectivity index (χ1n) is 3.79. The maximum atomic E-state index is 4.00. The molecule has 1 aromatic heterocycles. The molecular formula is C8H15N3. The van der Waals surface area contributed by atoms with E-state index in [1.165, 1.54) is 5.69 Å². The van der Waals surface area contributed by atoms with E-state index in [0.29, 0.717) is 0 Å². The molecule has 3 nitrogen and oxygen atoms in total. The highest BCUT2D eigenvalue weighted by Crippen LogP contribution is 2.22. The van der Waals surface area contributed by atoms with Crippen LogP contribution in [0.4, 0.5) is 0 Å². The van der Waals surface area contributed by atoms with Crippen LogP contribution in [0.15, 0.2) is 0 Å². The molecule has 11 heavy (non-hydrogen) atoms. The van der Waals surface area contributed by atoms with Crippen LogP contribution in [0.5, 0.6) is 0 Å². The van der Waals surface area contributed by atoms with E-state index in [9.17, 15) is 0 Å². The smallest absolute Gasteiger partial charge is 0.0833 e. The Hall–Kier alpha value is -0.860. The Bertz CT molecular complexity index is 235. The molecule has 62 valence electrons. The Balaban J connectivity index is 3.21. The molecule has 3 heteroatoms. The molecule has 0 amide bonds. The van der Waals surface area contributed by atoms with Gasteiger partial charge in [0.15, 0.2) is 0 Å². The third-order valence-electron chi connectivity index (χ3n) is 1.71. The average Bonchev–Trinajstić information content (AvgIpc) is 2.08. The third kappa shape index (κ3) is 1.42. The minimum atomic E-state index is 0.141. The minimum Gasteiger partial charge on any atom is -0.252 e. The summed E-state index contributed by atoms with van der Waals surface area (Å²) in [6, 6.07) is 0. The van der Waals surface area contributed by atoms with E-state index >= 15 is 0 Å². The van der Waals surface area contributed by atoms with Crippen molar-refractivity contribution in [3.05, 3.63) is 11.4 Å². The molecule has 0 N–H and O–H groups in total. The van der Waals surface area contributed by atoms with Crippen molar-refractivity contribution in [2.45, 2.75) is 33.1 Å². The van der Waals surface area contributed by atoms with E-state index in [4.69, 9.17) is 0 Å². The molecule has 1 heterocycles. The van der Waals surface area contributed by atoms with Gasteiger partial charge in [0.05, 0.1) is 11.4 Å². The van der Waals surface area contributed by atoms with Crippen molar-refractivity contribution in [1.29, 1.82) is 0 Å². The van der Waals surface area contributed by atoms with Crippen LogP contribution in [0, 0.1) is 6.92 Å². The van der Waals surface area contributed by atoms with Gasteiger partial charge in [-0.15, -0.1) is 5.10 Å². The fraction of sp³-hybridized carbons (Fsp3) is 0.750. The molecule has 1 aromatic rings. The first-order chi connectivity index (χ1) is 4.93. The summed E-state index contributed by atoms with van der Waals surface area (Å²) in [4.78, 5) is 0. The second kappa shape index (κ2) is 2.32. The monoisotopic (exact) mass is 153 g/mol.